The summed E-state index contributed by atoms with van der Waals surface area (Å²) in [4.78, 5) is 22.9. The molecule has 0 spiro atoms. The first-order valence-electron chi connectivity index (χ1n) is 17.7. The molecule has 0 fully saturated rings. The van der Waals surface area contributed by atoms with Gasteiger partial charge in [0.2, 0.25) is 0 Å². The van der Waals surface area contributed by atoms with Crippen molar-refractivity contribution in [2.75, 3.05) is 0 Å². The number of hydrogen-bond acceptors (Lipinski definition) is 3. The molecule has 4 aromatic carbocycles. The van der Waals surface area contributed by atoms with Gasteiger partial charge in [-0.15, -0.1) is 0 Å². The summed E-state index contributed by atoms with van der Waals surface area (Å²) >= 11 is 0. The number of fused-ring (bicyclic) bond motifs is 8. The second-order valence-corrected chi connectivity index (χ2v) is 13.1. The Morgan fingerprint density at radius 3 is 1.23 bits per heavy atom. The van der Waals surface area contributed by atoms with Gasteiger partial charge in [0, 0.05) is 62.3 Å². The van der Waals surface area contributed by atoms with Gasteiger partial charge in [0.15, 0.2) is 0 Å². The van der Waals surface area contributed by atoms with Gasteiger partial charge in [-0.05, 0) is 71.3 Å². The fourth-order valence-corrected chi connectivity index (χ4v) is 7.53. The zero-order chi connectivity index (χ0) is 35.1. The minimum atomic E-state index is 0.861. The Bertz CT molecular complexity index is 2820. The molecule has 2 aliphatic rings. The molecule has 0 amide bonds. The highest BCUT2D eigenvalue weighted by Gasteiger charge is 2.20. The van der Waals surface area contributed by atoms with E-state index in [-0.39, 0.29) is 0 Å². The number of para-hydroxylation sites is 1. The Labute approximate surface area is 306 Å². The topological polar surface area (TPSA) is 75.2 Å². The minimum Gasteiger partial charge on any atom is -0.354 e. The molecule has 6 heteroatoms. The van der Waals surface area contributed by atoms with Crippen molar-refractivity contribution in [1.29, 1.82) is 0 Å². The molecule has 6 nitrogen and oxygen atoms in total. The molecule has 8 aromatic rings. The molecule has 0 saturated carbocycles. The molecule has 0 aliphatic carbocycles. The van der Waals surface area contributed by atoms with Crippen molar-refractivity contribution in [3.05, 3.63) is 181 Å². The van der Waals surface area contributed by atoms with Crippen LogP contribution in [0, 0.1) is 0 Å². The highest BCUT2D eigenvalue weighted by Crippen LogP contribution is 2.39. The van der Waals surface area contributed by atoms with Crippen LogP contribution in [0.1, 0.15) is 22.8 Å². The van der Waals surface area contributed by atoms with Crippen LogP contribution in [-0.2, 0) is 0 Å². The van der Waals surface area contributed by atoms with Gasteiger partial charge in [0.05, 0.1) is 34.8 Å². The Morgan fingerprint density at radius 1 is 0.396 bits per heavy atom. The predicted molar refractivity (Wildman–Crippen MR) is 218 cm³/mol. The van der Waals surface area contributed by atoms with Crippen molar-refractivity contribution in [2.24, 2.45) is 0 Å². The fraction of sp³-hybridized carbons (Fsp3) is 0. The zero-order valence-corrected chi connectivity index (χ0v) is 28.6. The maximum absolute atomic E-state index is 5.45. The van der Waals surface area contributed by atoms with E-state index in [1.165, 1.54) is 0 Å². The second kappa shape index (κ2) is 12.8. The molecule has 8 bridgehead atoms. The van der Waals surface area contributed by atoms with E-state index in [9.17, 15) is 0 Å². The summed E-state index contributed by atoms with van der Waals surface area (Å²) in [5.41, 5.74) is 16.7. The molecule has 0 radical (unpaired) electrons. The molecule has 2 N–H and O–H groups in total. The van der Waals surface area contributed by atoms with Gasteiger partial charge in [-0.3, -0.25) is 0 Å². The predicted octanol–water partition coefficient (Wildman–Crippen LogP) is 11.5. The summed E-state index contributed by atoms with van der Waals surface area (Å²) in [6, 6.07) is 48.5. The summed E-state index contributed by atoms with van der Waals surface area (Å²) in [7, 11) is 0. The fourth-order valence-electron chi connectivity index (χ4n) is 7.53. The number of hydrogen-bond donors (Lipinski definition) is 2. The molecule has 10 rings (SSSR count). The number of nitrogens with one attached hydrogen (secondary N) is 2. The number of nitrogens with zero attached hydrogens (tertiary/aromatic N) is 4. The number of imidazole rings is 1. The lowest BCUT2D eigenvalue weighted by Gasteiger charge is -2.12. The molecule has 53 heavy (non-hydrogen) atoms. The van der Waals surface area contributed by atoms with Gasteiger partial charge in [-0.1, -0.05) is 109 Å². The quantitative estimate of drug-likeness (QED) is 0.190. The largest absolute Gasteiger partial charge is 0.354 e. The monoisotopic (exact) mass is 680 g/mol. The van der Waals surface area contributed by atoms with Crippen LogP contribution in [0.4, 0.5) is 0 Å². The summed E-state index contributed by atoms with van der Waals surface area (Å²) in [6.45, 7) is 0. The number of aromatic amines is 2. The number of benzene rings is 4. The normalized spacial score (nSPS) is 12.0. The molecule has 4 aromatic heterocycles. The van der Waals surface area contributed by atoms with Crippen LogP contribution in [0.25, 0.3) is 96.6 Å². The molecular weight excluding hydrogens is 649 g/mol. The molecule has 0 unspecified atom stereocenters. The lowest BCUT2D eigenvalue weighted by molar-refractivity contribution is 1.06. The Balaban J connectivity index is 1.40. The van der Waals surface area contributed by atoms with E-state index >= 15 is 0 Å². The van der Waals surface area contributed by atoms with E-state index in [0.717, 1.165) is 95.0 Å². The molecule has 0 saturated heterocycles. The molecule has 6 heterocycles. The van der Waals surface area contributed by atoms with Crippen molar-refractivity contribution in [1.82, 2.24) is 29.5 Å². The standard InChI is InChI=1S/C47H32N6/c1-4-12-31(13-5-1)44-35-20-22-37(49-35)45(32-14-6-2-7-15-32)39-24-26-41(51-39)47(34-18-10-11-19-43(34)53-29-28-48-30-53)42-27-25-40(52-42)46(33-16-8-3-9-17-33)38-23-21-36(44)50-38/h1-30,49,52H. The highest BCUT2D eigenvalue weighted by atomic mass is 15.0. The summed E-state index contributed by atoms with van der Waals surface area (Å²) in [6.07, 6.45) is 14.2. The van der Waals surface area contributed by atoms with Crippen LogP contribution in [-0.4, -0.2) is 29.5 Å². The maximum Gasteiger partial charge on any atom is 0.0991 e. The average molecular weight is 681 g/mol. The average Bonchev–Trinajstić information content (AvgIpc) is 4.07. The van der Waals surface area contributed by atoms with Gasteiger partial charge in [0.25, 0.3) is 0 Å². The Kier molecular flexibility index (Phi) is 7.36. The van der Waals surface area contributed by atoms with Crippen molar-refractivity contribution < 1.29 is 0 Å². The first-order chi connectivity index (χ1) is 26.3. The van der Waals surface area contributed by atoms with Gasteiger partial charge in [-0.2, -0.15) is 0 Å². The van der Waals surface area contributed by atoms with Crippen LogP contribution in [0.3, 0.4) is 0 Å². The van der Waals surface area contributed by atoms with Crippen LogP contribution >= 0.6 is 0 Å². The number of H-pyrrole nitrogens is 2. The van der Waals surface area contributed by atoms with Gasteiger partial charge < -0.3 is 14.5 Å². The molecule has 0 atom stereocenters. The van der Waals surface area contributed by atoms with Gasteiger partial charge in [-0.25, -0.2) is 15.0 Å². The lowest BCUT2D eigenvalue weighted by atomic mass is 10.0. The summed E-state index contributed by atoms with van der Waals surface area (Å²) in [5.74, 6) is 0. The molecule has 2 aliphatic heterocycles. The van der Waals surface area contributed by atoms with Gasteiger partial charge in [0.1, 0.15) is 0 Å². The van der Waals surface area contributed by atoms with Crippen LogP contribution in [0.5, 0.6) is 0 Å². The van der Waals surface area contributed by atoms with Gasteiger partial charge >= 0.3 is 0 Å². The van der Waals surface area contributed by atoms with E-state index in [4.69, 9.17) is 9.97 Å². The molecular formula is C47H32N6. The summed E-state index contributed by atoms with van der Waals surface area (Å²) < 4.78 is 2.05. The third-order valence-corrected chi connectivity index (χ3v) is 9.90. The minimum absolute atomic E-state index is 0.861. The van der Waals surface area contributed by atoms with Crippen LogP contribution in [0.2, 0.25) is 0 Å². The third-order valence-electron chi connectivity index (χ3n) is 9.90. The van der Waals surface area contributed by atoms with Crippen molar-refractivity contribution in [3.8, 4) is 50.2 Å². The van der Waals surface area contributed by atoms with Crippen molar-refractivity contribution in [2.45, 2.75) is 0 Å². The molecule has 250 valence electrons. The van der Waals surface area contributed by atoms with E-state index in [0.29, 0.717) is 0 Å². The zero-order valence-electron chi connectivity index (χ0n) is 28.6. The van der Waals surface area contributed by atoms with E-state index in [2.05, 4.69) is 165 Å². The van der Waals surface area contributed by atoms with Crippen molar-refractivity contribution in [3.63, 3.8) is 0 Å². The van der Waals surface area contributed by atoms with E-state index in [1.807, 2.05) is 30.7 Å². The van der Waals surface area contributed by atoms with E-state index in [1.54, 1.807) is 6.20 Å². The first kappa shape index (κ1) is 30.5. The smallest absolute Gasteiger partial charge is 0.0991 e. The Morgan fingerprint density at radius 2 is 0.792 bits per heavy atom. The van der Waals surface area contributed by atoms with E-state index < -0.39 is 0 Å². The first-order valence-corrected chi connectivity index (χ1v) is 17.7. The van der Waals surface area contributed by atoms with Crippen molar-refractivity contribution >= 4 is 46.4 Å². The number of aromatic nitrogens is 6. The number of rotatable bonds is 5. The van der Waals surface area contributed by atoms with Crippen LogP contribution in [0.15, 0.2) is 158 Å². The Hall–Kier alpha value is -7.31. The lowest BCUT2D eigenvalue weighted by Crippen LogP contribution is -1.96. The van der Waals surface area contributed by atoms with Crippen LogP contribution < -0.4 is 0 Å². The highest BCUT2D eigenvalue weighted by molar-refractivity contribution is 6.00. The maximum atomic E-state index is 5.45. The second-order valence-electron chi connectivity index (χ2n) is 13.1. The third kappa shape index (κ3) is 5.41. The SMILES string of the molecule is C1=Cc2nc1c(-c1ccccc1)c1ccc([nH]1)c(-c1ccccc1)c1nc(c(-c3ccccc3-n3ccnc3)c3ccc([nH]3)c2-c2ccccc2)C=C1. The summed E-state index contributed by atoms with van der Waals surface area (Å²) in [5, 5.41) is 0.